The zero-order chi connectivity index (χ0) is 19.8. The first-order chi connectivity index (χ1) is 13.5. The van der Waals surface area contributed by atoms with Crippen molar-refractivity contribution >= 4 is 29.0 Å². The standard InChI is InChI=1S/C20H21N5O2S/c1-3-9-25-19(27)13-8-7-12(10-16(13)23-20(25)28)18(26)22-15-5-4-6-17-14(15)11-21-24(17)2/h3,7-8,10-11,15H,1,4-6,9H2,2H3,(H,22,26)(H,23,28)/t15-/m1/s1. The smallest absolute Gasteiger partial charge is 0.262 e. The number of carbonyl (C=O) groups is 1. The van der Waals surface area contributed by atoms with E-state index < -0.39 is 0 Å². The molecule has 8 heteroatoms. The molecule has 4 rings (SSSR count). The Morgan fingerprint density at radius 2 is 2.32 bits per heavy atom. The van der Waals surface area contributed by atoms with Gasteiger partial charge < -0.3 is 10.3 Å². The number of allylic oxidation sites excluding steroid dienone is 1. The third-order valence-electron chi connectivity index (χ3n) is 5.24. The summed E-state index contributed by atoms with van der Waals surface area (Å²) in [7, 11) is 1.92. The van der Waals surface area contributed by atoms with E-state index in [9.17, 15) is 9.59 Å². The zero-order valence-electron chi connectivity index (χ0n) is 15.6. The third-order valence-corrected chi connectivity index (χ3v) is 5.56. The minimum Gasteiger partial charge on any atom is -0.345 e. The summed E-state index contributed by atoms with van der Waals surface area (Å²) >= 11 is 5.27. The van der Waals surface area contributed by atoms with Gasteiger partial charge in [-0.1, -0.05) is 6.08 Å². The van der Waals surface area contributed by atoms with Crippen LogP contribution in [-0.2, 0) is 20.0 Å². The molecule has 0 fully saturated rings. The van der Waals surface area contributed by atoms with Gasteiger partial charge in [0.25, 0.3) is 11.5 Å². The maximum absolute atomic E-state index is 12.8. The van der Waals surface area contributed by atoms with Gasteiger partial charge in [0.15, 0.2) is 4.77 Å². The second kappa shape index (κ2) is 7.20. The van der Waals surface area contributed by atoms with Crippen LogP contribution in [0.15, 0.2) is 41.8 Å². The molecule has 2 heterocycles. The van der Waals surface area contributed by atoms with Gasteiger partial charge in [-0.05, 0) is 49.7 Å². The van der Waals surface area contributed by atoms with E-state index in [0.29, 0.717) is 27.8 Å². The van der Waals surface area contributed by atoms with Gasteiger partial charge in [-0.15, -0.1) is 6.58 Å². The van der Waals surface area contributed by atoms with Crippen molar-refractivity contribution in [3.8, 4) is 0 Å². The third kappa shape index (κ3) is 3.09. The number of hydrogen-bond acceptors (Lipinski definition) is 4. The maximum Gasteiger partial charge on any atom is 0.262 e. The zero-order valence-corrected chi connectivity index (χ0v) is 16.4. The number of rotatable bonds is 4. The topological polar surface area (TPSA) is 84.7 Å². The molecule has 0 spiro atoms. The van der Waals surface area contributed by atoms with Crippen LogP contribution < -0.4 is 10.9 Å². The summed E-state index contributed by atoms with van der Waals surface area (Å²) in [6, 6.07) is 4.95. The van der Waals surface area contributed by atoms with E-state index in [1.165, 1.54) is 10.3 Å². The minimum atomic E-state index is -0.196. The molecule has 0 saturated carbocycles. The van der Waals surface area contributed by atoms with Crippen LogP contribution in [0.2, 0.25) is 0 Å². The normalized spacial score (nSPS) is 16.0. The van der Waals surface area contributed by atoms with Crippen molar-refractivity contribution in [1.82, 2.24) is 24.6 Å². The highest BCUT2D eigenvalue weighted by molar-refractivity contribution is 7.71. The predicted octanol–water partition coefficient (Wildman–Crippen LogP) is 2.79. The highest BCUT2D eigenvalue weighted by atomic mass is 32.1. The number of fused-ring (bicyclic) bond motifs is 2. The second-order valence-corrected chi connectivity index (χ2v) is 7.37. The van der Waals surface area contributed by atoms with Gasteiger partial charge in [0.2, 0.25) is 0 Å². The largest absolute Gasteiger partial charge is 0.345 e. The molecular weight excluding hydrogens is 374 g/mol. The average molecular weight is 395 g/mol. The molecular formula is C20H21N5O2S. The first kappa shape index (κ1) is 18.4. The first-order valence-corrected chi connectivity index (χ1v) is 9.60. The van der Waals surface area contributed by atoms with Crippen LogP contribution in [0.3, 0.4) is 0 Å². The number of aryl methyl sites for hydroxylation is 1. The van der Waals surface area contributed by atoms with Crippen molar-refractivity contribution < 1.29 is 4.79 Å². The molecule has 3 aromatic rings. The molecule has 7 nitrogen and oxygen atoms in total. The molecule has 0 bridgehead atoms. The molecule has 28 heavy (non-hydrogen) atoms. The van der Waals surface area contributed by atoms with Gasteiger partial charge in [0, 0.05) is 30.4 Å². The van der Waals surface area contributed by atoms with Crippen LogP contribution in [0.25, 0.3) is 10.9 Å². The average Bonchev–Trinajstić information content (AvgIpc) is 3.07. The monoisotopic (exact) mass is 395 g/mol. The Morgan fingerprint density at radius 3 is 3.11 bits per heavy atom. The molecule has 1 aliphatic carbocycles. The van der Waals surface area contributed by atoms with Crippen LogP contribution in [0, 0.1) is 4.77 Å². The highest BCUT2D eigenvalue weighted by Crippen LogP contribution is 2.29. The molecule has 0 unspecified atom stereocenters. The van der Waals surface area contributed by atoms with E-state index in [1.54, 1.807) is 24.3 Å². The van der Waals surface area contributed by atoms with Gasteiger partial charge >= 0.3 is 0 Å². The maximum atomic E-state index is 12.8. The molecule has 1 aromatic carbocycles. The number of amides is 1. The number of aromatic amines is 1. The molecule has 1 amide bonds. The Balaban J connectivity index is 1.65. The number of nitrogens with zero attached hydrogens (tertiary/aromatic N) is 3. The summed E-state index contributed by atoms with van der Waals surface area (Å²) in [5.74, 6) is -0.182. The van der Waals surface area contributed by atoms with E-state index in [2.05, 4.69) is 22.0 Å². The number of nitrogens with one attached hydrogen (secondary N) is 2. The lowest BCUT2D eigenvalue weighted by atomic mass is 9.92. The lowest BCUT2D eigenvalue weighted by molar-refractivity contribution is 0.0932. The van der Waals surface area contributed by atoms with Crippen LogP contribution in [0.1, 0.15) is 40.5 Å². The Labute approximate surface area is 166 Å². The van der Waals surface area contributed by atoms with Crippen LogP contribution >= 0.6 is 12.2 Å². The predicted molar refractivity (Wildman–Crippen MR) is 110 cm³/mol. The fraction of sp³-hybridized carbons (Fsp3) is 0.300. The van der Waals surface area contributed by atoms with Gasteiger partial charge in [0.1, 0.15) is 0 Å². The van der Waals surface area contributed by atoms with E-state index >= 15 is 0 Å². The fourth-order valence-corrected chi connectivity index (χ4v) is 4.06. The van der Waals surface area contributed by atoms with E-state index in [4.69, 9.17) is 12.2 Å². The van der Waals surface area contributed by atoms with E-state index in [-0.39, 0.29) is 17.5 Å². The Bertz CT molecular complexity index is 1200. The lowest BCUT2D eigenvalue weighted by Gasteiger charge is -2.23. The quantitative estimate of drug-likeness (QED) is 0.526. The Morgan fingerprint density at radius 1 is 1.50 bits per heavy atom. The second-order valence-electron chi connectivity index (χ2n) is 6.98. The molecule has 0 radical (unpaired) electrons. The summed E-state index contributed by atoms with van der Waals surface area (Å²) in [4.78, 5) is 28.5. The van der Waals surface area contributed by atoms with Gasteiger partial charge in [-0.3, -0.25) is 18.8 Å². The van der Waals surface area contributed by atoms with Crippen LogP contribution in [-0.4, -0.2) is 25.2 Å². The lowest BCUT2D eigenvalue weighted by Crippen LogP contribution is -2.31. The molecule has 2 N–H and O–H groups in total. The number of carbonyl (C=O) groups excluding carboxylic acids is 1. The summed E-state index contributed by atoms with van der Waals surface area (Å²) in [6.45, 7) is 3.98. The summed E-state index contributed by atoms with van der Waals surface area (Å²) in [5.41, 5.74) is 3.08. The Kier molecular flexibility index (Phi) is 4.72. The molecule has 0 saturated heterocycles. The van der Waals surface area contributed by atoms with Crippen molar-refractivity contribution in [2.45, 2.75) is 31.8 Å². The van der Waals surface area contributed by atoms with Crippen molar-refractivity contribution in [2.75, 3.05) is 0 Å². The van der Waals surface area contributed by atoms with Crippen molar-refractivity contribution in [1.29, 1.82) is 0 Å². The van der Waals surface area contributed by atoms with Crippen LogP contribution in [0.5, 0.6) is 0 Å². The van der Waals surface area contributed by atoms with Crippen LogP contribution in [0.4, 0.5) is 0 Å². The number of H-pyrrole nitrogens is 1. The first-order valence-electron chi connectivity index (χ1n) is 9.19. The summed E-state index contributed by atoms with van der Waals surface area (Å²) < 4.78 is 3.62. The molecule has 0 aliphatic heterocycles. The van der Waals surface area contributed by atoms with Crippen molar-refractivity contribution in [2.24, 2.45) is 7.05 Å². The van der Waals surface area contributed by atoms with Gasteiger partial charge in [0.05, 0.1) is 23.1 Å². The molecule has 1 aliphatic rings. The van der Waals surface area contributed by atoms with Crippen molar-refractivity contribution in [3.05, 3.63) is 69.0 Å². The Hall–Kier alpha value is -3.00. The summed E-state index contributed by atoms with van der Waals surface area (Å²) in [5, 5.41) is 7.90. The fourth-order valence-electron chi connectivity index (χ4n) is 3.79. The SMILES string of the molecule is C=CCn1c(=S)[nH]c2cc(C(=O)N[C@@H]3CCCc4c3cnn4C)ccc2c1=O. The minimum absolute atomic E-state index is 0.0558. The molecule has 144 valence electrons. The van der Waals surface area contributed by atoms with Gasteiger partial charge in [-0.2, -0.15) is 5.10 Å². The number of benzene rings is 1. The van der Waals surface area contributed by atoms with E-state index in [0.717, 1.165) is 24.8 Å². The number of aromatic nitrogens is 4. The number of hydrogen-bond donors (Lipinski definition) is 2. The van der Waals surface area contributed by atoms with Crippen molar-refractivity contribution in [3.63, 3.8) is 0 Å². The summed E-state index contributed by atoms with van der Waals surface area (Å²) in [6.07, 6.45) is 6.31. The molecule has 1 atom stereocenters. The molecule has 2 aromatic heterocycles. The van der Waals surface area contributed by atoms with E-state index in [1.807, 2.05) is 17.9 Å². The van der Waals surface area contributed by atoms with Gasteiger partial charge in [-0.25, -0.2) is 0 Å². The highest BCUT2D eigenvalue weighted by Gasteiger charge is 2.25.